The largest absolute Gasteiger partial charge is 0.338 e. The predicted molar refractivity (Wildman–Crippen MR) is 150 cm³/mol. The van der Waals surface area contributed by atoms with Gasteiger partial charge < -0.3 is 10.2 Å². The molecule has 40 heavy (non-hydrogen) atoms. The number of anilines is 2. The number of carbonyl (C=O) groups is 2. The third-order valence-corrected chi connectivity index (χ3v) is 9.04. The van der Waals surface area contributed by atoms with Crippen LogP contribution >= 0.6 is 11.6 Å². The molecular formula is C28H27ClN6O4S. The van der Waals surface area contributed by atoms with E-state index in [0.717, 1.165) is 19.0 Å². The van der Waals surface area contributed by atoms with Gasteiger partial charge in [0.15, 0.2) is 10.5 Å². The molecule has 10 nitrogen and oxygen atoms in total. The first-order chi connectivity index (χ1) is 19.3. The van der Waals surface area contributed by atoms with E-state index in [9.17, 15) is 18.0 Å². The van der Waals surface area contributed by atoms with E-state index in [2.05, 4.69) is 32.3 Å². The average molecular weight is 579 g/mol. The molecule has 0 spiro atoms. The van der Waals surface area contributed by atoms with Crippen LogP contribution in [-0.4, -0.2) is 52.8 Å². The van der Waals surface area contributed by atoms with Crippen LogP contribution in [0, 0.1) is 5.92 Å². The van der Waals surface area contributed by atoms with Crippen LogP contribution in [0.1, 0.15) is 47.5 Å². The number of hydrogen-bond donors (Lipinski definition) is 2. The first-order valence-electron chi connectivity index (χ1n) is 13.1. The Morgan fingerprint density at radius 2 is 1.62 bits per heavy atom. The maximum atomic E-state index is 13.8. The first kappa shape index (κ1) is 26.3. The van der Waals surface area contributed by atoms with Crippen molar-refractivity contribution in [2.45, 2.75) is 36.5 Å². The van der Waals surface area contributed by atoms with Crippen LogP contribution in [0.5, 0.6) is 0 Å². The highest BCUT2D eigenvalue weighted by Crippen LogP contribution is 2.33. The van der Waals surface area contributed by atoms with Gasteiger partial charge in [-0.15, -0.1) is 0 Å². The van der Waals surface area contributed by atoms with Gasteiger partial charge >= 0.3 is 0 Å². The molecule has 12 heteroatoms. The molecule has 4 aromatic rings. The molecular weight excluding hydrogens is 552 g/mol. The number of fused-ring (bicyclic) bond motifs is 1. The van der Waals surface area contributed by atoms with Crippen molar-refractivity contribution in [1.82, 2.24) is 24.2 Å². The summed E-state index contributed by atoms with van der Waals surface area (Å²) in [6.45, 7) is 1.13. The Morgan fingerprint density at radius 1 is 0.925 bits per heavy atom. The minimum Gasteiger partial charge on any atom is -0.338 e. The molecule has 3 heterocycles. The van der Waals surface area contributed by atoms with E-state index >= 15 is 0 Å². The van der Waals surface area contributed by atoms with Gasteiger partial charge in [0, 0.05) is 25.2 Å². The number of para-hydroxylation sites is 1. The molecule has 2 N–H and O–H groups in total. The molecule has 2 amide bonds. The monoisotopic (exact) mass is 578 g/mol. The number of hydrogen-bond acceptors (Lipinski definition) is 7. The Hall–Kier alpha value is -3.96. The van der Waals surface area contributed by atoms with E-state index in [1.807, 2.05) is 18.2 Å². The molecule has 0 radical (unpaired) electrons. The summed E-state index contributed by atoms with van der Waals surface area (Å²) in [6.07, 6.45) is 5.45. The van der Waals surface area contributed by atoms with Crippen LogP contribution in [0.4, 0.5) is 11.5 Å². The van der Waals surface area contributed by atoms with Crippen molar-refractivity contribution in [2.75, 3.05) is 18.4 Å². The average Bonchev–Trinajstić information content (AvgIpc) is 3.73. The molecule has 1 aliphatic heterocycles. The topological polar surface area (TPSA) is 126 Å². The highest BCUT2D eigenvalue weighted by atomic mass is 35.5. The minimum absolute atomic E-state index is 0.0232. The Balaban J connectivity index is 1.34. The number of aromatic nitrogens is 3. The van der Waals surface area contributed by atoms with Crippen LogP contribution in [0.15, 0.2) is 71.9 Å². The molecule has 2 fully saturated rings. The van der Waals surface area contributed by atoms with Gasteiger partial charge in [-0.1, -0.05) is 54.1 Å². The van der Waals surface area contributed by atoms with Crippen molar-refractivity contribution in [3.63, 3.8) is 0 Å². The zero-order valence-electron chi connectivity index (χ0n) is 21.5. The second-order valence-corrected chi connectivity index (χ2v) is 12.1. The number of nitrogens with one attached hydrogen (secondary N) is 2. The standard InChI is InChI=1S/C28H27ClN6O4S/c29-22-8-4-5-9-23(22)32-25-21(28(37)34-14-12-19(13-15-34)18-6-2-1-3-7-18)16-30-26-24(17-31-35(25)26)40(38,39)33-27(36)20-10-11-20/h1-9,16-17,19-20,32H,10-15H2,(H,33,36). The molecule has 1 saturated heterocycles. The summed E-state index contributed by atoms with van der Waals surface area (Å²) in [7, 11) is -4.23. The van der Waals surface area contributed by atoms with Crippen molar-refractivity contribution in [2.24, 2.45) is 5.92 Å². The van der Waals surface area contributed by atoms with E-state index in [0.29, 0.717) is 42.6 Å². The quantitative estimate of drug-likeness (QED) is 0.334. The molecule has 0 unspecified atom stereocenters. The van der Waals surface area contributed by atoms with Crippen LogP contribution in [-0.2, 0) is 14.8 Å². The van der Waals surface area contributed by atoms with Crippen molar-refractivity contribution in [3.8, 4) is 0 Å². The third-order valence-electron chi connectivity index (χ3n) is 7.38. The molecule has 0 bridgehead atoms. The van der Waals surface area contributed by atoms with Gasteiger partial charge in [-0.25, -0.2) is 18.1 Å². The van der Waals surface area contributed by atoms with Gasteiger partial charge in [-0.05, 0) is 49.3 Å². The number of rotatable bonds is 7. The van der Waals surface area contributed by atoms with E-state index in [1.165, 1.54) is 16.3 Å². The fourth-order valence-corrected chi connectivity index (χ4v) is 6.28. The Bertz CT molecular complexity index is 1700. The molecule has 1 aliphatic carbocycles. The summed E-state index contributed by atoms with van der Waals surface area (Å²) in [6, 6.07) is 17.3. The second kappa shape index (κ2) is 10.5. The molecule has 2 aliphatic rings. The molecule has 206 valence electrons. The molecule has 2 aromatic heterocycles. The maximum Gasteiger partial charge on any atom is 0.269 e. The summed E-state index contributed by atoms with van der Waals surface area (Å²) >= 11 is 6.40. The van der Waals surface area contributed by atoms with Gasteiger partial charge in [0.05, 0.1) is 16.9 Å². The lowest BCUT2D eigenvalue weighted by molar-refractivity contribution is -0.120. The van der Waals surface area contributed by atoms with Gasteiger partial charge in [0.25, 0.3) is 15.9 Å². The summed E-state index contributed by atoms with van der Waals surface area (Å²) in [4.78, 5) is 31.9. The van der Waals surface area contributed by atoms with Crippen molar-refractivity contribution in [3.05, 3.63) is 83.1 Å². The maximum absolute atomic E-state index is 13.8. The van der Waals surface area contributed by atoms with Crippen LogP contribution in [0.25, 0.3) is 5.65 Å². The van der Waals surface area contributed by atoms with Gasteiger partial charge in [0.1, 0.15) is 11.4 Å². The number of amides is 2. The summed E-state index contributed by atoms with van der Waals surface area (Å²) in [5, 5.41) is 7.85. The van der Waals surface area contributed by atoms with E-state index in [-0.39, 0.29) is 33.7 Å². The smallest absolute Gasteiger partial charge is 0.269 e. The number of carbonyl (C=O) groups excluding carboxylic acids is 2. The minimum atomic E-state index is -4.23. The summed E-state index contributed by atoms with van der Waals surface area (Å²) in [5.74, 6) is -0.492. The summed E-state index contributed by atoms with van der Waals surface area (Å²) < 4.78 is 29.5. The lowest BCUT2D eigenvalue weighted by Crippen LogP contribution is -2.38. The fourth-order valence-electron chi connectivity index (χ4n) is 4.99. The lowest BCUT2D eigenvalue weighted by Gasteiger charge is -2.32. The fraction of sp³-hybridized carbons (Fsp3) is 0.286. The number of sulfonamides is 1. The van der Waals surface area contributed by atoms with Gasteiger partial charge in [-0.2, -0.15) is 9.61 Å². The van der Waals surface area contributed by atoms with Crippen LogP contribution in [0.3, 0.4) is 0 Å². The zero-order valence-corrected chi connectivity index (χ0v) is 23.0. The van der Waals surface area contributed by atoms with Crippen molar-refractivity contribution in [1.29, 1.82) is 0 Å². The normalized spacial score (nSPS) is 16.2. The molecule has 2 aromatic carbocycles. The molecule has 1 saturated carbocycles. The second-order valence-electron chi connectivity index (χ2n) is 10.1. The van der Waals surface area contributed by atoms with E-state index in [1.54, 1.807) is 29.2 Å². The lowest BCUT2D eigenvalue weighted by atomic mass is 9.89. The first-order valence-corrected chi connectivity index (χ1v) is 15.0. The SMILES string of the molecule is O=C(NS(=O)(=O)c1cnn2c(Nc3ccccc3Cl)c(C(=O)N3CCC(c4ccccc4)CC3)cnc12)C1CC1. The Morgan fingerprint density at radius 3 is 2.33 bits per heavy atom. The molecule has 0 atom stereocenters. The molecule has 6 rings (SSSR count). The van der Waals surface area contributed by atoms with Crippen LogP contribution < -0.4 is 10.0 Å². The number of halogens is 1. The van der Waals surface area contributed by atoms with Crippen molar-refractivity contribution >= 4 is 50.6 Å². The highest BCUT2D eigenvalue weighted by Gasteiger charge is 2.35. The number of likely N-dealkylation sites (tertiary alicyclic amines) is 1. The highest BCUT2D eigenvalue weighted by molar-refractivity contribution is 7.90. The zero-order chi connectivity index (χ0) is 27.9. The van der Waals surface area contributed by atoms with Crippen molar-refractivity contribution < 1.29 is 18.0 Å². The van der Waals surface area contributed by atoms with Gasteiger partial charge in [0.2, 0.25) is 5.91 Å². The predicted octanol–water partition coefficient (Wildman–Crippen LogP) is 4.36. The van der Waals surface area contributed by atoms with E-state index in [4.69, 9.17) is 11.6 Å². The number of nitrogens with zero attached hydrogens (tertiary/aromatic N) is 4. The van der Waals surface area contributed by atoms with Gasteiger partial charge in [-0.3, -0.25) is 9.59 Å². The Labute approximate surface area is 236 Å². The Kier molecular flexibility index (Phi) is 6.93. The van der Waals surface area contributed by atoms with Crippen LogP contribution in [0.2, 0.25) is 5.02 Å². The van der Waals surface area contributed by atoms with E-state index < -0.39 is 15.9 Å². The number of benzene rings is 2. The summed E-state index contributed by atoms with van der Waals surface area (Å²) in [5.41, 5.74) is 1.97. The third kappa shape index (κ3) is 5.14. The number of piperidine rings is 1.